The van der Waals surface area contributed by atoms with Crippen LogP contribution in [0.5, 0.6) is 0 Å². The van der Waals surface area contributed by atoms with Crippen molar-refractivity contribution in [3.05, 3.63) is 28.3 Å². The Hall–Kier alpha value is -3.06. The molecule has 4 N–H and O–H groups in total. The molecule has 0 saturated heterocycles. The molecule has 2 aromatic rings. The predicted octanol–water partition coefficient (Wildman–Crippen LogP) is 1.34. The number of carbonyl (C=O) groups is 2. The number of para-hydroxylation sites is 1. The molecule has 1 aromatic heterocycles. The van der Waals surface area contributed by atoms with Crippen molar-refractivity contribution in [2.45, 2.75) is 37.9 Å². The van der Waals surface area contributed by atoms with Crippen molar-refractivity contribution in [2.75, 3.05) is 0 Å². The van der Waals surface area contributed by atoms with E-state index in [1.54, 1.807) is 0 Å². The zero-order valence-electron chi connectivity index (χ0n) is 15.5. The van der Waals surface area contributed by atoms with Gasteiger partial charge in [-0.1, -0.05) is 19.9 Å². The molecule has 3 unspecified atom stereocenters. The second-order valence-electron chi connectivity index (χ2n) is 6.64. The average Bonchev–Trinajstić information content (AvgIpc) is 3.08. The molecule has 2 rings (SSSR count). The van der Waals surface area contributed by atoms with Gasteiger partial charge in [0.15, 0.2) is 5.52 Å². The number of imidazole rings is 1. The Morgan fingerprint density at radius 3 is 2.45 bits per heavy atom. The van der Waals surface area contributed by atoms with E-state index in [9.17, 15) is 33.2 Å². The van der Waals surface area contributed by atoms with Crippen LogP contribution < -0.4 is 4.72 Å². The fraction of sp³-hybridized carbons (Fsp3) is 0.438. The molecule has 29 heavy (non-hydrogen) atoms. The zero-order chi connectivity index (χ0) is 21.9. The first-order valence-corrected chi connectivity index (χ1v) is 10.0. The number of aromatic amines is 1. The SMILES string of the molecule is CC(CCC(NS(=O)(=O)c1nc2c([N+](=O)[O-])cccc2[nH]1)C(C)C(=O)O)C(=O)O. The quantitative estimate of drug-likeness (QED) is 0.319. The van der Waals surface area contributed by atoms with Gasteiger partial charge in [0.2, 0.25) is 5.16 Å². The molecule has 0 radical (unpaired) electrons. The highest BCUT2D eigenvalue weighted by atomic mass is 32.2. The van der Waals surface area contributed by atoms with Crippen molar-refractivity contribution in [2.24, 2.45) is 11.8 Å². The first kappa shape index (κ1) is 22.2. The minimum Gasteiger partial charge on any atom is -0.481 e. The molecule has 0 fully saturated rings. The summed E-state index contributed by atoms with van der Waals surface area (Å²) in [6, 6.07) is 2.85. The van der Waals surface area contributed by atoms with E-state index < -0.39 is 49.9 Å². The summed E-state index contributed by atoms with van der Waals surface area (Å²) in [5, 5.41) is 28.7. The van der Waals surface area contributed by atoms with Gasteiger partial charge < -0.3 is 15.2 Å². The molecular weight excluding hydrogens is 408 g/mol. The molecule has 12 nitrogen and oxygen atoms in total. The smallest absolute Gasteiger partial charge is 0.307 e. The number of nitrogens with one attached hydrogen (secondary N) is 2. The summed E-state index contributed by atoms with van der Waals surface area (Å²) in [7, 11) is -4.36. The number of nitrogens with zero attached hydrogens (tertiary/aromatic N) is 2. The summed E-state index contributed by atoms with van der Waals surface area (Å²) >= 11 is 0. The predicted molar refractivity (Wildman–Crippen MR) is 99.7 cm³/mol. The summed E-state index contributed by atoms with van der Waals surface area (Å²) in [5.74, 6) is -4.29. The molecule has 0 bridgehead atoms. The van der Waals surface area contributed by atoms with Crippen molar-refractivity contribution < 1.29 is 33.1 Å². The number of H-pyrrole nitrogens is 1. The largest absolute Gasteiger partial charge is 0.481 e. The van der Waals surface area contributed by atoms with Gasteiger partial charge in [0.1, 0.15) is 0 Å². The van der Waals surface area contributed by atoms with Crippen LogP contribution in [-0.4, -0.2) is 51.5 Å². The summed E-state index contributed by atoms with van der Waals surface area (Å²) in [6.45, 7) is 2.72. The highest BCUT2D eigenvalue weighted by Crippen LogP contribution is 2.25. The molecule has 0 aliphatic heterocycles. The number of non-ortho nitro benzene ring substituents is 1. The number of benzene rings is 1. The number of hydrogen-bond donors (Lipinski definition) is 4. The Bertz CT molecular complexity index is 1050. The van der Waals surface area contributed by atoms with Gasteiger partial charge in [-0.2, -0.15) is 0 Å². The van der Waals surface area contributed by atoms with E-state index in [-0.39, 0.29) is 29.6 Å². The molecular formula is C16H20N4O8S. The van der Waals surface area contributed by atoms with Crippen LogP contribution in [0.15, 0.2) is 23.4 Å². The second-order valence-corrected chi connectivity index (χ2v) is 8.27. The third-order valence-corrected chi connectivity index (χ3v) is 5.87. The maximum Gasteiger partial charge on any atom is 0.307 e. The van der Waals surface area contributed by atoms with Crippen molar-refractivity contribution in [1.82, 2.24) is 14.7 Å². The molecule has 1 heterocycles. The third-order valence-electron chi connectivity index (χ3n) is 4.55. The summed E-state index contributed by atoms with van der Waals surface area (Å²) < 4.78 is 27.7. The van der Waals surface area contributed by atoms with E-state index in [1.807, 2.05) is 0 Å². The van der Waals surface area contributed by atoms with E-state index >= 15 is 0 Å². The van der Waals surface area contributed by atoms with Crippen LogP contribution in [0.2, 0.25) is 0 Å². The number of aromatic nitrogens is 2. The molecule has 0 spiro atoms. The lowest BCUT2D eigenvalue weighted by Crippen LogP contribution is -2.42. The fourth-order valence-electron chi connectivity index (χ4n) is 2.66. The molecule has 13 heteroatoms. The highest BCUT2D eigenvalue weighted by molar-refractivity contribution is 7.89. The van der Waals surface area contributed by atoms with Gasteiger partial charge in [-0.05, 0) is 18.9 Å². The van der Waals surface area contributed by atoms with Crippen molar-refractivity contribution >= 4 is 38.7 Å². The van der Waals surface area contributed by atoms with Crippen molar-refractivity contribution in [3.8, 4) is 0 Å². The van der Waals surface area contributed by atoms with E-state index in [0.29, 0.717) is 0 Å². The summed E-state index contributed by atoms with van der Waals surface area (Å²) in [6.07, 6.45) is 0.00623. The van der Waals surface area contributed by atoms with Gasteiger partial charge in [0.25, 0.3) is 15.7 Å². The van der Waals surface area contributed by atoms with Crippen LogP contribution in [0.1, 0.15) is 26.7 Å². The van der Waals surface area contributed by atoms with Gasteiger partial charge in [0, 0.05) is 12.1 Å². The number of rotatable bonds is 10. The number of aliphatic carboxylic acids is 2. The highest BCUT2D eigenvalue weighted by Gasteiger charge is 2.31. The lowest BCUT2D eigenvalue weighted by Gasteiger charge is -2.22. The minimum absolute atomic E-state index is 0.0411. The summed E-state index contributed by atoms with van der Waals surface area (Å²) in [4.78, 5) is 39.0. The Balaban J connectivity index is 2.35. The number of carboxylic acid groups (broad SMARTS) is 2. The van der Waals surface area contributed by atoms with E-state index in [4.69, 9.17) is 5.11 Å². The van der Waals surface area contributed by atoms with Crippen LogP contribution in [0.25, 0.3) is 11.0 Å². The normalized spacial score (nSPS) is 15.0. The minimum atomic E-state index is -4.36. The number of fused-ring (bicyclic) bond motifs is 1. The van der Waals surface area contributed by atoms with Gasteiger partial charge in [-0.15, -0.1) is 0 Å². The average molecular weight is 428 g/mol. The van der Waals surface area contributed by atoms with E-state index in [0.717, 1.165) is 0 Å². The van der Waals surface area contributed by atoms with Crippen molar-refractivity contribution in [1.29, 1.82) is 0 Å². The van der Waals surface area contributed by atoms with Gasteiger partial charge in [-0.25, -0.2) is 18.1 Å². The van der Waals surface area contributed by atoms with Gasteiger partial charge in [-0.3, -0.25) is 19.7 Å². The Morgan fingerprint density at radius 2 is 1.90 bits per heavy atom. The number of hydrogen-bond acceptors (Lipinski definition) is 7. The van der Waals surface area contributed by atoms with Crippen LogP contribution in [-0.2, 0) is 19.6 Å². The molecule has 0 aliphatic carbocycles. The maximum atomic E-state index is 12.7. The molecule has 0 saturated carbocycles. The molecule has 158 valence electrons. The summed E-state index contributed by atoms with van der Waals surface area (Å²) in [5.41, 5.74) is -0.409. The molecule has 0 aliphatic rings. The topological polar surface area (TPSA) is 193 Å². The Labute approximate surface area is 165 Å². The first-order valence-electron chi connectivity index (χ1n) is 8.55. The van der Waals surface area contributed by atoms with E-state index in [2.05, 4.69) is 14.7 Å². The van der Waals surface area contributed by atoms with Gasteiger partial charge >= 0.3 is 11.9 Å². The molecule has 0 amide bonds. The molecule has 1 aromatic carbocycles. The van der Waals surface area contributed by atoms with Gasteiger partial charge in [0.05, 0.1) is 22.3 Å². The maximum absolute atomic E-state index is 12.7. The van der Waals surface area contributed by atoms with Crippen LogP contribution in [0.3, 0.4) is 0 Å². The monoisotopic (exact) mass is 428 g/mol. The van der Waals surface area contributed by atoms with Crippen LogP contribution >= 0.6 is 0 Å². The van der Waals surface area contributed by atoms with Crippen molar-refractivity contribution in [3.63, 3.8) is 0 Å². The van der Waals surface area contributed by atoms with E-state index in [1.165, 1.54) is 32.0 Å². The second kappa shape index (κ2) is 8.53. The Kier molecular flexibility index (Phi) is 6.54. The standard InChI is InChI=1S/C16H20N4O8S/c1-8(14(21)22)6-7-10(9(2)15(23)24)19-29(27,28)16-17-11-4-3-5-12(20(25)26)13(11)18-16/h3-5,8-10,19H,6-7H2,1-2H3,(H,17,18)(H,21,22)(H,23,24). The Morgan fingerprint density at radius 1 is 1.24 bits per heavy atom. The fourth-order valence-corrected chi connectivity index (χ4v) is 3.95. The van der Waals surface area contributed by atoms with Crippen LogP contribution in [0.4, 0.5) is 5.69 Å². The number of nitro groups is 1. The lowest BCUT2D eigenvalue weighted by molar-refractivity contribution is -0.383. The number of sulfonamides is 1. The lowest BCUT2D eigenvalue weighted by atomic mass is 9.94. The first-order chi connectivity index (χ1) is 13.4. The zero-order valence-corrected chi connectivity index (χ0v) is 16.3. The third kappa shape index (κ3) is 5.06. The molecule has 3 atom stereocenters. The van der Waals surface area contributed by atoms with Crippen LogP contribution in [0, 0.1) is 22.0 Å². The number of carboxylic acids is 2. The number of nitro benzene ring substituents is 1.